The summed E-state index contributed by atoms with van der Waals surface area (Å²) in [5.41, 5.74) is 2.89. The maximum absolute atomic E-state index is 13.0. The molecule has 1 amide bonds. The molecule has 0 spiro atoms. The number of carbonyl (C=O) groups excluding carboxylic acids is 1. The zero-order valence-electron chi connectivity index (χ0n) is 18.4. The van der Waals surface area contributed by atoms with Crippen LogP contribution in [0, 0.1) is 0 Å². The van der Waals surface area contributed by atoms with Crippen LogP contribution in [0.1, 0.15) is 31.0 Å². The third-order valence-electron chi connectivity index (χ3n) is 4.90. The molecule has 0 saturated heterocycles. The van der Waals surface area contributed by atoms with Crippen molar-refractivity contribution in [1.82, 2.24) is 4.90 Å². The molecular weight excluding hydrogens is 388 g/mol. The summed E-state index contributed by atoms with van der Waals surface area (Å²) in [6.45, 7) is 5.14. The average molecular weight is 419 g/mol. The third-order valence-corrected chi connectivity index (χ3v) is 4.90. The standard InChI is InChI=1S/C26H30N2O3/c1-4-30-22-16-17-24(31-5-2)23(18-22)27-25(29)19-28(3)26(20-12-8-6-9-13-20)21-14-10-7-11-15-21/h6-18,26H,4-5,19H2,1-3H3,(H,27,29). The molecule has 0 radical (unpaired) electrons. The van der Waals surface area contributed by atoms with Gasteiger partial charge in [0.05, 0.1) is 31.5 Å². The highest BCUT2D eigenvalue weighted by molar-refractivity contribution is 5.94. The second-order valence-corrected chi connectivity index (χ2v) is 7.21. The smallest absolute Gasteiger partial charge is 0.238 e. The molecule has 0 fully saturated rings. The van der Waals surface area contributed by atoms with E-state index in [0.29, 0.717) is 30.4 Å². The number of likely N-dealkylation sites (N-methyl/N-ethyl adjacent to an activating group) is 1. The zero-order valence-corrected chi connectivity index (χ0v) is 18.4. The quantitative estimate of drug-likeness (QED) is 0.495. The summed E-state index contributed by atoms with van der Waals surface area (Å²) in [4.78, 5) is 15.0. The number of ether oxygens (including phenoxy) is 2. The second-order valence-electron chi connectivity index (χ2n) is 7.21. The number of carbonyl (C=O) groups is 1. The molecule has 0 saturated carbocycles. The van der Waals surface area contributed by atoms with Crippen molar-refractivity contribution < 1.29 is 14.3 Å². The van der Waals surface area contributed by atoms with Crippen LogP contribution in [0.3, 0.4) is 0 Å². The van der Waals surface area contributed by atoms with Crippen LogP contribution in [-0.2, 0) is 4.79 Å². The van der Waals surface area contributed by atoms with Gasteiger partial charge in [0.15, 0.2) is 0 Å². The van der Waals surface area contributed by atoms with Gasteiger partial charge in [-0.2, -0.15) is 0 Å². The minimum atomic E-state index is -0.117. The van der Waals surface area contributed by atoms with E-state index in [1.165, 1.54) is 0 Å². The van der Waals surface area contributed by atoms with Gasteiger partial charge in [0.1, 0.15) is 11.5 Å². The van der Waals surface area contributed by atoms with E-state index >= 15 is 0 Å². The van der Waals surface area contributed by atoms with Gasteiger partial charge in [-0.15, -0.1) is 0 Å². The number of amides is 1. The van der Waals surface area contributed by atoms with E-state index in [1.54, 1.807) is 6.07 Å². The molecule has 1 N–H and O–H groups in total. The van der Waals surface area contributed by atoms with Gasteiger partial charge in [-0.1, -0.05) is 60.7 Å². The van der Waals surface area contributed by atoms with Crippen molar-refractivity contribution >= 4 is 11.6 Å². The lowest BCUT2D eigenvalue weighted by atomic mass is 9.97. The first kappa shape index (κ1) is 22.4. The summed E-state index contributed by atoms with van der Waals surface area (Å²) < 4.78 is 11.3. The summed E-state index contributed by atoms with van der Waals surface area (Å²) in [5, 5.41) is 3.00. The first-order chi connectivity index (χ1) is 15.1. The van der Waals surface area contributed by atoms with Crippen LogP contribution in [0.25, 0.3) is 0 Å². The zero-order chi connectivity index (χ0) is 22.1. The van der Waals surface area contributed by atoms with Gasteiger partial charge >= 0.3 is 0 Å². The largest absolute Gasteiger partial charge is 0.494 e. The fourth-order valence-corrected chi connectivity index (χ4v) is 3.62. The van der Waals surface area contributed by atoms with Crippen molar-refractivity contribution in [3.8, 4) is 11.5 Å². The molecule has 31 heavy (non-hydrogen) atoms. The highest BCUT2D eigenvalue weighted by Gasteiger charge is 2.21. The fourth-order valence-electron chi connectivity index (χ4n) is 3.62. The summed E-state index contributed by atoms with van der Waals surface area (Å²) in [6, 6.07) is 25.9. The van der Waals surface area contributed by atoms with Gasteiger partial charge in [0.2, 0.25) is 5.91 Å². The Bertz CT molecular complexity index is 921. The van der Waals surface area contributed by atoms with E-state index in [0.717, 1.165) is 11.1 Å². The number of hydrogen-bond acceptors (Lipinski definition) is 4. The Kier molecular flexibility index (Phi) is 8.07. The van der Waals surface area contributed by atoms with Gasteiger partial charge < -0.3 is 14.8 Å². The first-order valence-corrected chi connectivity index (χ1v) is 10.6. The topological polar surface area (TPSA) is 50.8 Å². The Hall–Kier alpha value is -3.31. The molecule has 5 heteroatoms. The number of hydrogen-bond donors (Lipinski definition) is 1. The van der Waals surface area contributed by atoms with E-state index in [1.807, 2.05) is 74.3 Å². The first-order valence-electron chi connectivity index (χ1n) is 10.6. The van der Waals surface area contributed by atoms with Crippen LogP contribution in [0.2, 0.25) is 0 Å². The Morgan fingerprint density at radius 3 is 2.00 bits per heavy atom. The van der Waals surface area contributed by atoms with Gasteiger partial charge in [0.25, 0.3) is 0 Å². The Morgan fingerprint density at radius 1 is 0.871 bits per heavy atom. The Balaban J connectivity index is 1.79. The third kappa shape index (κ3) is 6.09. The summed E-state index contributed by atoms with van der Waals surface area (Å²) >= 11 is 0. The number of nitrogens with one attached hydrogen (secondary N) is 1. The maximum Gasteiger partial charge on any atom is 0.238 e. The molecule has 0 bridgehead atoms. The molecule has 0 aliphatic rings. The summed E-state index contributed by atoms with van der Waals surface area (Å²) in [5.74, 6) is 1.21. The molecular formula is C26H30N2O3. The Morgan fingerprint density at radius 2 is 1.45 bits per heavy atom. The minimum Gasteiger partial charge on any atom is -0.494 e. The molecule has 3 aromatic rings. The normalized spacial score (nSPS) is 10.9. The van der Waals surface area contributed by atoms with E-state index in [-0.39, 0.29) is 18.5 Å². The lowest BCUT2D eigenvalue weighted by Gasteiger charge is -2.28. The van der Waals surface area contributed by atoms with Gasteiger partial charge in [0, 0.05) is 6.07 Å². The van der Waals surface area contributed by atoms with Gasteiger partial charge in [-0.05, 0) is 44.2 Å². The van der Waals surface area contributed by atoms with Gasteiger partial charge in [-0.25, -0.2) is 0 Å². The number of nitrogens with zero attached hydrogens (tertiary/aromatic N) is 1. The highest BCUT2D eigenvalue weighted by Crippen LogP contribution is 2.30. The highest BCUT2D eigenvalue weighted by atomic mass is 16.5. The van der Waals surface area contributed by atoms with Crippen molar-refractivity contribution in [1.29, 1.82) is 0 Å². The SMILES string of the molecule is CCOc1ccc(OCC)c(NC(=O)CN(C)C(c2ccccc2)c2ccccc2)c1. The molecule has 5 nitrogen and oxygen atoms in total. The van der Waals surface area contributed by atoms with Crippen LogP contribution >= 0.6 is 0 Å². The molecule has 0 aromatic heterocycles. The number of anilines is 1. The number of rotatable bonds is 10. The number of benzene rings is 3. The lowest BCUT2D eigenvalue weighted by Crippen LogP contribution is -2.34. The predicted octanol–water partition coefficient (Wildman–Crippen LogP) is 5.14. The van der Waals surface area contributed by atoms with Crippen LogP contribution in [0.5, 0.6) is 11.5 Å². The molecule has 3 aromatic carbocycles. The van der Waals surface area contributed by atoms with Gasteiger partial charge in [-0.3, -0.25) is 9.69 Å². The van der Waals surface area contributed by atoms with Crippen LogP contribution in [-0.4, -0.2) is 37.6 Å². The summed E-state index contributed by atoms with van der Waals surface area (Å²) in [7, 11) is 1.96. The predicted molar refractivity (Wildman–Crippen MR) is 125 cm³/mol. The molecule has 0 aliphatic carbocycles. The monoisotopic (exact) mass is 418 g/mol. The minimum absolute atomic E-state index is 0.0331. The summed E-state index contributed by atoms with van der Waals surface area (Å²) in [6.07, 6.45) is 0. The van der Waals surface area contributed by atoms with Crippen molar-refractivity contribution in [2.45, 2.75) is 19.9 Å². The Labute approximate surface area is 184 Å². The van der Waals surface area contributed by atoms with Crippen molar-refractivity contribution in [3.63, 3.8) is 0 Å². The van der Waals surface area contributed by atoms with Crippen LogP contribution in [0.15, 0.2) is 78.9 Å². The van der Waals surface area contributed by atoms with E-state index < -0.39 is 0 Å². The van der Waals surface area contributed by atoms with Crippen molar-refractivity contribution in [3.05, 3.63) is 90.0 Å². The van der Waals surface area contributed by atoms with E-state index in [2.05, 4.69) is 29.6 Å². The second kappa shape index (κ2) is 11.2. The fraction of sp³-hybridized carbons (Fsp3) is 0.269. The van der Waals surface area contributed by atoms with E-state index in [4.69, 9.17) is 9.47 Å². The van der Waals surface area contributed by atoms with Crippen LogP contribution < -0.4 is 14.8 Å². The van der Waals surface area contributed by atoms with Crippen molar-refractivity contribution in [2.75, 3.05) is 32.1 Å². The molecule has 3 rings (SSSR count). The molecule has 0 atom stereocenters. The molecule has 0 heterocycles. The van der Waals surface area contributed by atoms with Crippen molar-refractivity contribution in [2.24, 2.45) is 0 Å². The molecule has 0 unspecified atom stereocenters. The average Bonchev–Trinajstić information content (AvgIpc) is 2.77. The molecule has 162 valence electrons. The van der Waals surface area contributed by atoms with E-state index in [9.17, 15) is 4.79 Å². The lowest BCUT2D eigenvalue weighted by molar-refractivity contribution is -0.117. The van der Waals surface area contributed by atoms with Crippen LogP contribution in [0.4, 0.5) is 5.69 Å². The molecule has 0 aliphatic heterocycles. The maximum atomic E-state index is 13.0.